The molecule has 0 radical (unpaired) electrons. The van der Waals surface area contributed by atoms with Crippen LogP contribution < -0.4 is 0 Å². The monoisotopic (exact) mass is 415 g/mol. The zero-order chi connectivity index (χ0) is 20.9. The minimum absolute atomic E-state index is 0.0368. The summed E-state index contributed by atoms with van der Waals surface area (Å²) in [6, 6.07) is 25.4. The van der Waals surface area contributed by atoms with Crippen molar-refractivity contribution in [2.45, 2.75) is 5.16 Å². The number of carbonyl (C=O) groups excluding carboxylic acids is 1. The fourth-order valence-corrected chi connectivity index (χ4v) is 3.79. The number of ketones is 1. The van der Waals surface area contributed by atoms with Gasteiger partial charge in [-0.1, -0.05) is 72.4 Å². The van der Waals surface area contributed by atoms with E-state index in [0.717, 1.165) is 22.5 Å². The van der Waals surface area contributed by atoms with Crippen LogP contribution in [0.15, 0.2) is 90.1 Å². The number of hydrogen-bond acceptors (Lipinski definition) is 5. The van der Waals surface area contributed by atoms with E-state index in [1.807, 2.05) is 60.7 Å². The number of nitro benzene ring substituents is 1. The number of aromatic nitrogens is 2. The van der Waals surface area contributed by atoms with Crippen molar-refractivity contribution in [1.82, 2.24) is 9.97 Å². The number of thioether (sulfide) groups is 1. The van der Waals surface area contributed by atoms with Crippen LogP contribution in [0.4, 0.5) is 5.69 Å². The number of aromatic amines is 1. The van der Waals surface area contributed by atoms with E-state index in [1.54, 1.807) is 0 Å². The van der Waals surface area contributed by atoms with Crippen molar-refractivity contribution < 1.29 is 9.72 Å². The van der Waals surface area contributed by atoms with Gasteiger partial charge in [0.15, 0.2) is 10.9 Å². The summed E-state index contributed by atoms with van der Waals surface area (Å²) in [7, 11) is 0. The molecule has 1 N–H and O–H groups in total. The van der Waals surface area contributed by atoms with Gasteiger partial charge in [0.05, 0.1) is 22.1 Å². The van der Waals surface area contributed by atoms with Crippen LogP contribution in [0.3, 0.4) is 0 Å². The average molecular weight is 415 g/mol. The Morgan fingerprint density at radius 3 is 2.10 bits per heavy atom. The minimum Gasteiger partial charge on any atom is -0.332 e. The first-order chi connectivity index (χ1) is 14.6. The minimum atomic E-state index is -0.484. The Hall–Kier alpha value is -3.71. The van der Waals surface area contributed by atoms with Crippen LogP contribution >= 0.6 is 11.8 Å². The molecule has 3 aromatic carbocycles. The van der Waals surface area contributed by atoms with Crippen molar-refractivity contribution in [2.24, 2.45) is 0 Å². The lowest BCUT2D eigenvalue weighted by molar-refractivity contribution is -0.384. The number of rotatable bonds is 7. The Bertz CT molecular complexity index is 1120. The maximum Gasteiger partial charge on any atom is 0.269 e. The van der Waals surface area contributed by atoms with Crippen LogP contribution in [0.2, 0.25) is 0 Å². The van der Waals surface area contributed by atoms with E-state index in [4.69, 9.17) is 4.98 Å². The number of benzene rings is 3. The first-order valence-electron chi connectivity index (χ1n) is 9.23. The fraction of sp³-hybridized carbons (Fsp3) is 0.0435. The molecular formula is C23H17N3O3S. The topological polar surface area (TPSA) is 88.9 Å². The Morgan fingerprint density at radius 2 is 1.50 bits per heavy atom. The van der Waals surface area contributed by atoms with E-state index in [0.29, 0.717) is 10.7 Å². The highest BCUT2D eigenvalue weighted by atomic mass is 32.2. The highest BCUT2D eigenvalue weighted by Gasteiger charge is 2.16. The van der Waals surface area contributed by atoms with Gasteiger partial charge < -0.3 is 4.98 Å². The van der Waals surface area contributed by atoms with Gasteiger partial charge in [-0.25, -0.2) is 4.98 Å². The van der Waals surface area contributed by atoms with E-state index >= 15 is 0 Å². The predicted octanol–water partition coefficient (Wildman–Crippen LogP) is 5.63. The number of imidazole rings is 1. The molecule has 0 spiro atoms. The van der Waals surface area contributed by atoms with Crippen molar-refractivity contribution in [3.05, 3.63) is 101 Å². The first kappa shape index (κ1) is 19.6. The Balaban J connectivity index is 1.57. The molecule has 0 aliphatic carbocycles. The lowest BCUT2D eigenvalue weighted by atomic mass is 10.1. The summed E-state index contributed by atoms with van der Waals surface area (Å²) in [6.07, 6.45) is 0. The second-order valence-electron chi connectivity index (χ2n) is 6.51. The Labute approximate surface area is 177 Å². The van der Waals surface area contributed by atoms with Crippen LogP contribution in [-0.4, -0.2) is 26.4 Å². The first-order valence-corrected chi connectivity index (χ1v) is 10.2. The number of hydrogen-bond donors (Lipinski definition) is 1. The van der Waals surface area contributed by atoms with Gasteiger partial charge >= 0.3 is 0 Å². The van der Waals surface area contributed by atoms with Crippen LogP contribution in [0.25, 0.3) is 22.5 Å². The molecule has 1 heterocycles. The predicted molar refractivity (Wildman–Crippen MR) is 118 cm³/mol. The van der Waals surface area contributed by atoms with Gasteiger partial charge in [-0.15, -0.1) is 0 Å². The largest absolute Gasteiger partial charge is 0.332 e. The molecule has 0 aliphatic rings. The van der Waals surface area contributed by atoms with Gasteiger partial charge in [0.1, 0.15) is 0 Å². The summed E-state index contributed by atoms with van der Waals surface area (Å²) < 4.78 is 0. The zero-order valence-corrected chi connectivity index (χ0v) is 16.6. The lowest BCUT2D eigenvalue weighted by Gasteiger charge is -2.02. The molecular weight excluding hydrogens is 398 g/mol. The maximum absolute atomic E-state index is 12.5. The molecule has 4 aromatic rings. The van der Waals surface area contributed by atoms with Crippen LogP contribution in [0, 0.1) is 10.1 Å². The molecule has 0 saturated heterocycles. The normalized spacial score (nSPS) is 10.7. The third kappa shape index (κ3) is 4.31. The van der Waals surface area contributed by atoms with Gasteiger partial charge in [0.2, 0.25) is 0 Å². The molecule has 7 heteroatoms. The van der Waals surface area contributed by atoms with Crippen LogP contribution in [0.5, 0.6) is 0 Å². The second kappa shape index (κ2) is 8.75. The van der Waals surface area contributed by atoms with Crippen molar-refractivity contribution in [3.8, 4) is 22.5 Å². The summed E-state index contributed by atoms with van der Waals surface area (Å²) in [6.45, 7) is 0. The number of Topliss-reactive ketones (excluding diaryl/α,β-unsaturated/α-hetero) is 1. The number of H-pyrrole nitrogens is 1. The Morgan fingerprint density at radius 1 is 0.900 bits per heavy atom. The van der Waals surface area contributed by atoms with Gasteiger partial charge in [0.25, 0.3) is 5.69 Å². The molecule has 0 fully saturated rings. The average Bonchev–Trinajstić information content (AvgIpc) is 3.23. The molecule has 0 saturated carbocycles. The number of nitrogens with one attached hydrogen (secondary N) is 1. The molecule has 6 nitrogen and oxygen atoms in total. The number of carbonyl (C=O) groups is 1. The third-order valence-electron chi connectivity index (χ3n) is 4.53. The maximum atomic E-state index is 12.5. The van der Waals surface area contributed by atoms with Crippen molar-refractivity contribution in [3.63, 3.8) is 0 Å². The van der Waals surface area contributed by atoms with Crippen LogP contribution in [-0.2, 0) is 0 Å². The van der Waals surface area contributed by atoms with E-state index in [2.05, 4.69) is 4.98 Å². The standard InChI is InChI=1S/C23H17N3O3S/c27-20(16-11-13-19(14-12-16)26(28)29)15-30-23-24-21(17-7-3-1-4-8-17)22(25-23)18-9-5-2-6-10-18/h1-14H,15H2,(H,24,25). The smallest absolute Gasteiger partial charge is 0.269 e. The second-order valence-corrected chi connectivity index (χ2v) is 7.48. The van der Waals surface area contributed by atoms with Crippen molar-refractivity contribution in [1.29, 1.82) is 0 Å². The summed E-state index contributed by atoms with van der Waals surface area (Å²) in [5, 5.41) is 11.4. The van der Waals surface area contributed by atoms with E-state index in [9.17, 15) is 14.9 Å². The van der Waals surface area contributed by atoms with Crippen molar-refractivity contribution >= 4 is 23.2 Å². The van der Waals surface area contributed by atoms with Gasteiger partial charge in [-0.2, -0.15) is 0 Å². The molecule has 30 heavy (non-hydrogen) atoms. The van der Waals surface area contributed by atoms with E-state index < -0.39 is 4.92 Å². The zero-order valence-electron chi connectivity index (χ0n) is 15.8. The van der Waals surface area contributed by atoms with Gasteiger partial charge in [0, 0.05) is 28.8 Å². The lowest BCUT2D eigenvalue weighted by Crippen LogP contribution is -2.02. The molecule has 1 aromatic heterocycles. The fourth-order valence-electron chi connectivity index (χ4n) is 3.02. The van der Waals surface area contributed by atoms with Crippen LogP contribution in [0.1, 0.15) is 10.4 Å². The Kier molecular flexibility index (Phi) is 5.72. The number of nitro groups is 1. The summed E-state index contributed by atoms with van der Waals surface area (Å²) in [5.74, 6) is 0.0576. The van der Waals surface area contributed by atoms with E-state index in [-0.39, 0.29) is 17.2 Å². The summed E-state index contributed by atoms with van der Waals surface area (Å²) in [4.78, 5) is 30.8. The number of nitrogens with zero attached hydrogens (tertiary/aromatic N) is 2. The SMILES string of the molecule is O=C(CSc1nc(-c2ccccc2)c(-c2ccccc2)[nH]1)c1ccc([N+](=O)[O-])cc1. The summed E-state index contributed by atoms with van der Waals surface area (Å²) in [5.41, 5.74) is 4.12. The highest BCUT2D eigenvalue weighted by molar-refractivity contribution is 7.99. The van der Waals surface area contributed by atoms with Gasteiger partial charge in [-0.05, 0) is 12.1 Å². The molecule has 0 amide bonds. The third-order valence-corrected chi connectivity index (χ3v) is 5.41. The van der Waals surface area contributed by atoms with E-state index in [1.165, 1.54) is 36.0 Å². The quantitative estimate of drug-likeness (QED) is 0.183. The van der Waals surface area contributed by atoms with Crippen molar-refractivity contribution in [2.75, 3.05) is 5.75 Å². The molecule has 4 rings (SSSR count). The van der Waals surface area contributed by atoms with Gasteiger partial charge in [-0.3, -0.25) is 14.9 Å². The molecule has 0 aliphatic heterocycles. The number of non-ortho nitro benzene ring substituents is 1. The highest BCUT2D eigenvalue weighted by Crippen LogP contribution is 2.32. The summed E-state index contributed by atoms with van der Waals surface area (Å²) >= 11 is 1.31. The molecule has 0 atom stereocenters. The molecule has 148 valence electrons. The molecule has 0 unspecified atom stereocenters. The molecule has 0 bridgehead atoms.